The van der Waals surface area contributed by atoms with Crippen LogP contribution in [-0.4, -0.2) is 65.3 Å². The van der Waals surface area contributed by atoms with Crippen molar-refractivity contribution >= 4 is 17.8 Å². The molecule has 0 aromatic rings. The molecule has 2 saturated heterocycles. The van der Waals surface area contributed by atoms with Crippen molar-refractivity contribution in [2.75, 3.05) is 27.2 Å². The van der Waals surface area contributed by atoms with Gasteiger partial charge in [-0.15, -0.1) is 0 Å². The molecule has 0 aromatic carbocycles. The minimum atomic E-state index is -0.593. The van der Waals surface area contributed by atoms with Crippen LogP contribution in [0.5, 0.6) is 0 Å². The van der Waals surface area contributed by atoms with E-state index in [-0.39, 0.29) is 17.7 Å². The Labute approximate surface area is 136 Å². The highest BCUT2D eigenvalue weighted by molar-refractivity contribution is 6.28. The fourth-order valence-corrected chi connectivity index (χ4v) is 2.39. The number of urea groups is 1. The van der Waals surface area contributed by atoms with Crippen molar-refractivity contribution in [1.82, 2.24) is 14.7 Å². The highest BCUT2D eigenvalue weighted by Gasteiger charge is 2.39. The number of hydrogen-bond donors (Lipinski definition) is 0. The van der Waals surface area contributed by atoms with Crippen LogP contribution in [0.1, 0.15) is 27.2 Å². The summed E-state index contributed by atoms with van der Waals surface area (Å²) in [4.78, 5) is 40.6. The average molecular weight is 321 g/mol. The molecule has 0 bridgehead atoms. The molecule has 7 nitrogen and oxygen atoms in total. The van der Waals surface area contributed by atoms with Crippen molar-refractivity contribution in [3.63, 3.8) is 0 Å². The Morgan fingerprint density at radius 3 is 2.30 bits per heavy atom. The minimum Gasteiger partial charge on any atom is -0.477 e. The van der Waals surface area contributed by atoms with Crippen molar-refractivity contribution in [2.45, 2.75) is 32.7 Å². The molecule has 2 fully saturated rings. The van der Waals surface area contributed by atoms with E-state index in [1.54, 1.807) is 6.08 Å². The average Bonchev–Trinajstić information content (AvgIpc) is 2.76. The molecule has 7 heteroatoms. The number of imide groups is 2. The second-order valence-corrected chi connectivity index (χ2v) is 6.35. The first-order chi connectivity index (χ1) is 10.7. The molecule has 2 aliphatic heterocycles. The van der Waals surface area contributed by atoms with Crippen LogP contribution in [0.25, 0.3) is 0 Å². The Bertz CT molecular complexity index is 606. The van der Waals surface area contributed by atoms with E-state index in [4.69, 9.17) is 4.74 Å². The Hall–Kier alpha value is -2.31. The smallest absolute Gasteiger partial charge is 0.333 e. The van der Waals surface area contributed by atoms with Crippen LogP contribution in [0.15, 0.2) is 23.6 Å². The number of rotatable bonds is 3. The Morgan fingerprint density at radius 1 is 1.13 bits per heavy atom. The van der Waals surface area contributed by atoms with E-state index in [1.807, 2.05) is 32.7 Å². The second kappa shape index (κ2) is 6.06. The zero-order valence-corrected chi connectivity index (χ0v) is 14.3. The summed E-state index contributed by atoms with van der Waals surface area (Å²) in [7, 11) is 3.27. The zero-order chi connectivity index (χ0) is 17.4. The fraction of sp³-hybridized carbons (Fsp3) is 0.562. The Kier molecular flexibility index (Phi) is 4.49. The summed E-state index contributed by atoms with van der Waals surface area (Å²) < 4.78 is 5.59. The number of carbonyl (C=O) groups excluding carboxylic acids is 3. The van der Waals surface area contributed by atoms with Gasteiger partial charge in [0.05, 0.1) is 5.54 Å². The molecule has 0 aliphatic carbocycles. The quantitative estimate of drug-likeness (QED) is 0.579. The Morgan fingerprint density at radius 2 is 1.78 bits per heavy atom. The highest BCUT2D eigenvalue weighted by atomic mass is 16.5. The third-order valence-electron chi connectivity index (χ3n) is 4.18. The lowest BCUT2D eigenvalue weighted by molar-refractivity contribution is -0.135. The molecule has 4 amide bonds. The maximum Gasteiger partial charge on any atom is 0.333 e. The van der Waals surface area contributed by atoms with E-state index in [0.717, 1.165) is 9.80 Å². The van der Waals surface area contributed by atoms with Crippen LogP contribution in [0.3, 0.4) is 0 Å². The SMILES string of the molecule is CCCN1C(=O)/C(=C\C=C2\OCC(C)(C)N2C)C(=O)N(C)C1=O. The number of barbiturate groups is 1. The first-order valence-electron chi connectivity index (χ1n) is 7.63. The molecular weight excluding hydrogens is 298 g/mol. The van der Waals surface area contributed by atoms with Crippen LogP contribution in [0.4, 0.5) is 4.79 Å². The molecule has 0 unspecified atom stereocenters. The molecule has 2 heterocycles. The number of allylic oxidation sites excluding steroid dienone is 2. The lowest BCUT2D eigenvalue weighted by Gasteiger charge is -2.31. The maximum atomic E-state index is 12.4. The third-order valence-corrected chi connectivity index (χ3v) is 4.18. The summed E-state index contributed by atoms with van der Waals surface area (Å²) in [6, 6.07) is -0.581. The molecule has 23 heavy (non-hydrogen) atoms. The van der Waals surface area contributed by atoms with Crippen LogP contribution in [0, 0.1) is 0 Å². The number of carbonyl (C=O) groups is 3. The lowest BCUT2D eigenvalue weighted by atomic mass is 10.1. The minimum absolute atomic E-state index is 0.0326. The predicted molar refractivity (Wildman–Crippen MR) is 84.1 cm³/mol. The van der Waals surface area contributed by atoms with Gasteiger partial charge in [0.2, 0.25) is 0 Å². The van der Waals surface area contributed by atoms with Crippen LogP contribution in [0.2, 0.25) is 0 Å². The van der Waals surface area contributed by atoms with Gasteiger partial charge in [-0.25, -0.2) is 4.79 Å². The number of nitrogens with zero attached hydrogens (tertiary/aromatic N) is 3. The summed E-state index contributed by atoms with van der Waals surface area (Å²) >= 11 is 0. The molecule has 0 saturated carbocycles. The normalized spacial score (nSPS) is 24.9. The molecule has 0 aromatic heterocycles. The summed E-state index contributed by atoms with van der Waals surface area (Å²) in [5.74, 6) is -0.564. The van der Waals surface area contributed by atoms with E-state index in [9.17, 15) is 14.4 Å². The maximum absolute atomic E-state index is 12.4. The zero-order valence-electron chi connectivity index (χ0n) is 14.3. The largest absolute Gasteiger partial charge is 0.477 e. The number of hydrogen-bond acceptors (Lipinski definition) is 5. The molecule has 0 radical (unpaired) electrons. The van der Waals surface area contributed by atoms with E-state index in [2.05, 4.69) is 0 Å². The third kappa shape index (κ3) is 2.95. The standard InChI is InChI=1S/C16H23N3O4/c1-6-9-19-14(21)11(13(20)17(4)15(19)22)7-8-12-18(5)16(2,3)10-23-12/h7-8H,6,9-10H2,1-5H3/b11-7-,12-8+. The van der Waals surface area contributed by atoms with Crippen LogP contribution >= 0.6 is 0 Å². The second-order valence-electron chi connectivity index (χ2n) is 6.35. The molecule has 0 atom stereocenters. The van der Waals surface area contributed by atoms with Gasteiger partial charge in [0.25, 0.3) is 11.8 Å². The van der Waals surface area contributed by atoms with Gasteiger partial charge < -0.3 is 9.64 Å². The highest BCUT2D eigenvalue weighted by Crippen LogP contribution is 2.27. The summed E-state index contributed by atoms with van der Waals surface area (Å²) in [5.41, 5.74) is -0.180. The van der Waals surface area contributed by atoms with Crippen molar-refractivity contribution in [3.05, 3.63) is 23.6 Å². The van der Waals surface area contributed by atoms with Crippen LogP contribution in [-0.2, 0) is 14.3 Å². The fourth-order valence-electron chi connectivity index (χ4n) is 2.39. The van der Waals surface area contributed by atoms with Gasteiger partial charge in [0, 0.05) is 20.6 Å². The molecule has 0 N–H and O–H groups in total. The lowest BCUT2D eigenvalue weighted by Crippen LogP contribution is -2.54. The van der Waals surface area contributed by atoms with E-state index < -0.39 is 17.8 Å². The van der Waals surface area contributed by atoms with Gasteiger partial charge in [-0.05, 0) is 32.4 Å². The van der Waals surface area contributed by atoms with Gasteiger partial charge in [-0.2, -0.15) is 0 Å². The van der Waals surface area contributed by atoms with Gasteiger partial charge in [0.1, 0.15) is 12.2 Å². The van der Waals surface area contributed by atoms with Crippen LogP contribution < -0.4 is 0 Å². The van der Waals surface area contributed by atoms with E-state index >= 15 is 0 Å². The van der Waals surface area contributed by atoms with E-state index in [0.29, 0.717) is 18.9 Å². The van der Waals surface area contributed by atoms with Crippen molar-refractivity contribution < 1.29 is 19.1 Å². The van der Waals surface area contributed by atoms with Crippen molar-refractivity contribution in [1.29, 1.82) is 0 Å². The summed E-state index contributed by atoms with van der Waals surface area (Å²) in [6.07, 6.45) is 3.67. The topological polar surface area (TPSA) is 70.2 Å². The summed E-state index contributed by atoms with van der Waals surface area (Å²) in [6.45, 7) is 6.75. The van der Waals surface area contributed by atoms with E-state index in [1.165, 1.54) is 13.1 Å². The Balaban J connectivity index is 2.31. The number of likely N-dealkylation sites (N-methyl/N-ethyl adjacent to an activating group) is 2. The summed E-state index contributed by atoms with van der Waals surface area (Å²) in [5, 5.41) is 0. The molecule has 0 spiro atoms. The first-order valence-corrected chi connectivity index (χ1v) is 7.63. The number of amides is 4. The van der Waals surface area contributed by atoms with Gasteiger partial charge in [0.15, 0.2) is 5.88 Å². The molecule has 2 aliphatic rings. The number of ether oxygens (including phenoxy) is 1. The van der Waals surface area contributed by atoms with Crippen molar-refractivity contribution in [2.24, 2.45) is 0 Å². The van der Waals surface area contributed by atoms with Gasteiger partial charge in [-0.1, -0.05) is 6.92 Å². The molecule has 2 rings (SSSR count). The monoisotopic (exact) mass is 321 g/mol. The van der Waals surface area contributed by atoms with Gasteiger partial charge in [-0.3, -0.25) is 19.4 Å². The first kappa shape index (κ1) is 17.1. The molecular formula is C16H23N3O4. The van der Waals surface area contributed by atoms with Gasteiger partial charge >= 0.3 is 6.03 Å². The predicted octanol–water partition coefficient (Wildman–Crippen LogP) is 1.33. The molecule has 126 valence electrons. The van der Waals surface area contributed by atoms with Crippen molar-refractivity contribution in [3.8, 4) is 0 Å².